The monoisotopic (exact) mass is 504 g/mol. The van der Waals surface area contributed by atoms with Gasteiger partial charge in [0.05, 0.1) is 5.69 Å². The van der Waals surface area contributed by atoms with E-state index in [2.05, 4.69) is 36.1 Å². The minimum atomic E-state index is -0.422. The summed E-state index contributed by atoms with van der Waals surface area (Å²) >= 11 is 0. The Balaban J connectivity index is 1.62. The summed E-state index contributed by atoms with van der Waals surface area (Å²) in [6, 6.07) is 34.5. The van der Waals surface area contributed by atoms with E-state index in [0.29, 0.717) is 12.4 Å². The topological polar surface area (TPSA) is 48.4 Å². The quantitative estimate of drug-likeness (QED) is 0.272. The largest absolute Gasteiger partial charge is 0.488 e. The third-order valence-electron chi connectivity index (χ3n) is 6.60. The predicted molar refractivity (Wildman–Crippen MR) is 155 cm³/mol. The molecule has 0 aromatic heterocycles. The van der Waals surface area contributed by atoms with Crippen LogP contribution in [0.25, 0.3) is 0 Å². The van der Waals surface area contributed by atoms with E-state index < -0.39 is 6.17 Å². The number of nitrogens with zero attached hydrogens (tertiary/aromatic N) is 4. The highest BCUT2D eigenvalue weighted by Gasteiger charge is 2.40. The summed E-state index contributed by atoms with van der Waals surface area (Å²) in [7, 11) is 4.02. The van der Waals surface area contributed by atoms with E-state index >= 15 is 0 Å². The second-order valence-electron chi connectivity index (χ2n) is 9.63. The molecule has 0 fully saturated rings. The molecule has 0 bridgehead atoms. The molecule has 0 spiro atoms. The van der Waals surface area contributed by atoms with Crippen LogP contribution in [0.1, 0.15) is 29.8 Å². The van der Waals surface area contributed by atoms with Gasteiger partial charge in [0.1, 0.15) is 12.4 Å². The molecule has 4 aromatic rings. The van der Waals surface area contributed by atoms with E-state index in [1.165, 1.54) is 0 Å². The highest BCUT2D eigenvalue weighted by atomic mass is 16.5. The number of anilines is 3. The molecule has 0 saturated carbocycles. The first-order valence-electron chi connectivity index (χ1n) is 12.7. The number of Topliss-reactive ketones (excluding diaryl/α,β-unsaturated/α-hetero) is 1. The van der Waals surface area contributed by atoms with Crippen molar-refractivity contribution in [1.82, 2.24) is 0 Å². The molecular weight excluding hydrogens is 472 g/mol. The van der Waals surface area contributed by atoms with Crippen molar-refractivity contribution >= 4 is 28.7 Å². The maximum Gasteiger partial charge on any atom is 0.198 e. The number of benzene rings is 4. The average Bonchev–Trinajstić information content (AvgIpc) is 3.34. The number of carbonyl (C=O) groups excluding carboxylic acids is 1. The molecule has 1 atom stereocenters. The van der Waals surface area contributed by atoms with E-state index in [1.807, 2.05) is 103 Å². The van der Waals surface area contributed by atoms with Gasteiger partial charge >= 0.3 is 0 Å². The number of amidine groups is 1. The van der Waals surface area contributed by atoms with Gasteiger partial charge in [-0.25, -0.2) is 5.01 Å². The van der Waals surface area contributed by atoms with E-state index in [9.17, 15) is 4.79 Å². The number of ether oxygens (including phenoxy) is 1. The van der Waals surface area contributed by atoms with Gasteiger partial charge in [0, 0.05) is 38.0 Å². The zero-order valence-electron chi connectivity index (χ0n) is 22.2. The summed E-state index contributed by atoms with van der Waals surface area (Å²) in [6.07, 6.45) is -0.422. The summed E-state index contributed by atoms with van der Waals surface area (Å²) in [5, 5.41) is 6.80. The molecule has 5 rings (SSSR count). The number of hydrazone groups is 1. The molecule has 4 aromatic carbocycles. The molecule has 38 heavy (non-hydrogen) atoms. The van der Waals surface area contributed by atoms with Gasteiger partial charge in [0.25, 0.3) is 0 Å². The van der Waals surface area contributed by atoms with E-state index in [-0.39, 0.29) is 5.78 Å². The second kappa shape index (κ2) is 10.8. The zero-order chi connectivity index (χ0) is 26.6. The summed E-state index contributed by atoms with van der Waals surface area (Å²) in [5.74, 6) is 1.02. The number of para-hydroxylation sites is 1. The lowest BCUT2D eigenvalue weighted by Crippen LogP contribution is -2.38. The van der Waals surface area contributed by atoms with Crippen molar-refractivity contribution in [1.29, 1.82) is 0 Å². The van der Waals surface area contributed by atoms with Crippen molar-refractivity contribution in [2.75, 3.05) is 28.9 Å². The number of ketones is 1. The normalized spacial score (nSPS) is 14.8. The van der Waals surface area contributed by atoms with Crippen LogP contribution in [0.15, 0.2) is 108 Å². The van der Waals surface area contributed by atoms with Crippen molar-refractivity contribution in [3.63, 3.8) is 0 Å². The molecule has 0 amide bonds. The van der Waals surface area contributed by atoms with Crippen LogP contribution in [0, 0.1) is 6.92 Å². The maximum absolute atomic E-state index is 13.0. The van der Waals surface area contributed by atoms with E-state index in [4.69, 9.17) is 9.84 Å². The van der Waals surface area contributed by atoms with Crippen LogP contribution in [-0.4, -0.2) is 25.7 Å². The van der Waals surface area contributed by atoms with Gasteiger partial charge in [-0.3, -0.25) is 9.69 Å². The minimum absolute atomic E-state index is 0.107. The first-order valence-corrected chi connectivity index (χ1v) is 12.7. The molecule has 1 unspecified atom stereocenters. The van der Waals surface area contributed by atoms with Crippen molar-refractivity contribution in [3.05, 3.63) is 120 Å². The number of carbonyl (C=O) groups is 1. The Kier molecular flexibility index (Phi) is 7.13. The van der Waals surface area contributed by atoms with Gasteiger partial charge in [0.2, 0.25) is 0 Å². The molecular formula is C32H32N4O2. The number of rotatable bonds is 8. The van der Waals surface area contributed by atoms with Gasteiger partial charge < -0.3 is 9.64 Å². The fourth-order valence-electron chi connectivity index (χ4n) is 4.57. The van der Waals surface area contributed by atoms with Crippen LogP contribution in [0.3, 0.4) is 0 Å². The van der Waals surface area contributed by atoms with Crippen molar-refractivity contribution in [2.45, 2.75) is 26.6 Å². The van der Waals surface area contributed by atoms with Crippen molar-refractivity contribution < 1.29 is 9.53 Å². The Morgan fingerprint density at radius 2 is 1.47 bits per heavy atom. The number of aryl methyl sites for hydroxylation is 1. The van der Waals surface area contributed by atoms with Gasteiger partial charge in [-0.15, -0.1) is 5.10 Å². The van der Waals surface area contributed by atoms with Crippen LogP contribution < -0.4 is 19.5 Å². The van der Waals surface area contributed by atoms with Gasteiger partial charge in [-0.1, -0.05) is 66.2 Å². The van der Waals surface area contributed by atoms with Crippen LogP contribution in [-0.2, 0) is 11.4 Å². The maximum atomic E-state index is 13.0. The van der Waals surface area contributed by atoms with E-state index in [1.54, 1.807) is 6.92 Å². The molecule has 192 valence electrons. The standard InChI is InChI=1S/C32H32N4O2/c1-23-14-16-28(17-15-23)36-32(29-12-8-9-13-30(29)38-22-25-10-6-5-7-11-25)35(31(33-36)24(2)37)27-20-18-26(19-21-27)34(3)4/h5-21,32H,22H2,1-4H3. The lowest BCUT2D eigenvalue weighted by atomic mass is 10.1. The average molecular weight is 505 g/mol. The van der Waals surface area contributed by atoms with Crippen molar-refractivity contribution in [2.24, 2.45) is 5.10 Å². The molecule has 6 nitrogen and oxygen atoms in total. The second-order valence-corrected chi connectivity index (χ2v) is 9.63. The Morgan fingerprint density at radius 3 is 2.13 bits per heavy atom. The lowest BCUT2D eigenvalue weighted by Gasteiger charge is -2.33. The number of hydrogen-bond acceptors (Lipinski definition) is 6. The van der Waals surface area contributed by atoms with Crippen LogP contribution in [0.5, 0.6) is 5.75 Å². The molecule has 1 aliphatic heterocycles. The van der Waals surface area contributed by atoms with Gasteiger partial charge in [-0.05, 0) is 55.0 Å². The lowest BCUT2D eigenvalue weighted by molar-refractivity contribution is -0.111. The molecule has 0 radical (unpaired) electrons. The highest BCUT2D eigenvalue weighted by molar-refractivity contribution is 6.44. The third-order valence-corrected chi connectivity index (χ3v) is 6.60. The Morgan fingerprint density at radius 1 is 0.842 bits per heavy atom. The van der Waals surface area contributed by atoms with E-state index in [0.717, 1.165) is 39.5 Å². The number of hydrogen-bond donors (Lipinski definition) is 0. The zero-order valence-corrected chi connectivity index (χ0v) is 22.2. The van der Waals surface area contributed by atoms with Gasteiger partial charge in [0.15, 0.2) is 17.8 Å². The predicted octanol–water partition coefficient (Wildman–Crippen LogP) is 6.57. The van der Waals surface area contributed by atoms with Crippen LogP contribution >= 0.6 is 0 Å². The first-order chi connectivity index (χ1) is 18.4. The van der Waals surface area contributed by atoms with Crippen LogP contribution in [0.2, 0.25) is 0 Å². The summed E-state index contributed by atoms with van der Waals surface area (Å²) in [6.45, 7) is 4.06. The minimum Gasteiger partial charge on any atom is -0.488 e. The highest BCUT2D eigenvalue weighted by Crippen LogP contribution is 2.42. The molecule has 6 heteroatoms. The summed E-state index contributed by atoms with van der Waals surface area (Å²) in [5.41, 5.74) is 6.00. The Hall–Kier alpha value is -4.58. The fraction of sp³-hybridized carbons (Fsp3) is 0.188. The molecule has 0 N–H and O–H groups in total. The molecule has 1 heterocycles. The Bertz CT molecular complexity index is 1430. The SMILES string of the molecule is CC(=O)C1=NN(c2ccc(C)cc2)C(c2ccccc2OCc2ccccc2)N1c1ccc(N(C)C)cc1. The fourth-order valence-corrected chi connectivity index (χ4v) is 4.57. The van der Waals surface area contributed by atoms with Crippen LogP contribution in [0.4, 0.5) is 17.1 Å². The summed E-state index contributed by atoms with van der Waals surface area (Å²) < 4.78 is 6.37. The molecule has 1 aliphatic rings. The molecule has 0 aliphatic carbocycles. The third kappa shape index (κ3) is 5.11. The summed E-state index contributed by atoms with van der Waals surface area (Å²) in [4.78, 5) is 17.0. The van der Waals surface area contributed by atoms with Crippen molar-refractivity contribution in [3.8, 4) is 5.75 Å². The van der Waals surface area contributed by atoms with Gasteiger partial charge in [-0.2, -0.15) is 0 Å². The first kappa shape index (κ1) is 25.1. The molecule has 0 saturated heterocycles. The Labute approximate surface area is 224 Å². The smallest absolute Gasteiger partial charge is 0.198 e.